The molecule has 0 aliphatic heterocycles. The van der Waals surface area contributed by atoms with E-state index in [1.54, 1.807) is 0 Å². The highest BCUT2D eigenvalue weighted by atomic mass is 19.1. The number of nitrogens with zero attached hydrogens (tertiary/aromatic N) is 3. The fourth-order valence-electron chi connectivity index (χ4n) is 9.68. The molecule has 39 heteroatoms. The van der Waals surface area contributed by atoms with Crippen LogP contribution < -0.4 is 53.2 Å². The molecule has 6 atom stereocenters. The van der Waals surface area contributed by atoms with Gasteiger partial charge in [0.1, 0.15) is 42.8 Å². The zero-order valence-electron chi connectivity index (χ0n) is 53.7. The Bertz CT molecular complexity index is 3310. The number of carbonyl (C=O) groups is 16. The van der Waals surface area contributed by atoms with E-state index >= 15 is 0 Å². The summed E-state index contributed by atoms with van der Waals surface area (Å²) in [7, 11) is 0. The number of carbonyl (C=O) groups excluding carboxylic acids is 7. The van der Waals surface area contributed by atoms with E-state index in [2.05, 4.69) is 47.5 Å². The highest BCUT2D eigenvalue weighted by Gasteiger charge is 2.35. The number of aryl methyl sites for hydroxylation is 1. The first kappa shape index (κ1) is 81.1. The highest BCUT2D eigenvalue weighted by Crippen LogP contribution is 2.28. The standard InChI is InChI=1S/C62H76FN13O25/c63-27-1-2-39-31-76(75-74-39)32-49(80)73-62(24-21-46(77)64-36-9-3-33(4-10-36)28-43(56(93)94)70-59(99)67-40(53(87)88)15-18-50(81)82,25-22-47(78)65-37-11-5-34(6-12-37)29-44(57(95)96)71-60(100)68-41(54(89)90)16-19-51(83)84)26-23-48(79)66-38-13-7-35(8-14-38)30-45(58(97)98)72-61(101)69-42(55(91)92)17-20-52(85)86/h3-14,31,40-45H,1-2,15-30,32H2,(H,64,77)(H,65,78)(H,66,79)(H,73,80)(H,81,82)(H,83,84)(H,85,86)(H,87,88)(H,89,90)(H,91,92)(H,93,94)(H,95,96)(H,97,98)(H2,67,70,99)(H2,68,71,100)(H2,69,72,101)/t40-,41-,42?,43-,44-,45-/m0/s1. The number of nitrogens with one attached hydrogen (secondary N) is 10. The Kier molecular flexibility index (Phi) is 32.4. The molecule has 1 heterocycles. The van der Waals surface area contributed by atoms with Crippen LogP contribution in [0.1, 0.15) is 106 Å². The van der Waals surface area contributed by atoms with Crippen LogP contribution in [0.2, 0.25) is 0 Å². The van der Waals surface area contributed by atoms with Crippen molar-refractivity contribution in [1.29, 1.82) is 0 Å². The molecule has 38 nitrogen and oxygen atoms in total. The number of carboxylic acid groups (broad SMARTS) is 9. The summed E-state index contributed by atoms with van der Waals surface area (Å²) in [4.78, 5) is 198. The molecule has 4 aromatic rings. The van der Waals surface area contributed by atoms with Gasteiger partial charge in [-0.1, -0.05) is 41.6 Å². The summed E-state index contributed by atoms with van der Waals surface area (Å²) in [5.41, 5.74) is 0.0301. The van der Waals surface area contributed by atoms with Gasteiger partial charge >= 0.3 is 71.8 Å². The Morgan fingerprint density at radius 2 is 0.683 bits per heavy atom. The number of rotatable bonds is 45. The van der Waals surface area contributed by atoms with E-state index in [0.29, 0.717) is 22.4 Å². The molecule has 1 unspecified atom stereocenters. The SMILES string of the molecule is O=C(O)CCC(NC(=O)N[C@@H](Cc1ccc(NC(=O)CCC(CCC(=O)Nc2ccc(C[C@H](NC(=O)N[C@@H](CCC(=O)O)C(=O)O)C(=O)O)cc2)(CCC(=O)Nc2ccc(C[C@H](NC(=O)N[C@@H](CCC(=O)O)C(=O)O)C(=O)O)cc2)NC(=O)Cn2cc(CCCF)nn2)cc1)C(=O)O)C(=O)O. The van der Waals surface area contributed by atoms with E-state index in [4.69, 9.17) is 15.3 Å². The van der Waals surface area contributed by atoms with Gasteiger partial charge in [-0.25, -0.2) is 47.8 Å². The van der Waals surface area contributed by atoms with Gasteiger partial charge in [0, 0.05) is 86.6 Å². The van der Waals surface area contributed by atoms with Gasteiger partial charge in [0.15, 0.2) is 0 Å². The number of anilines is 3. The van der Waals surface area contributed by atoms with Gasteiger partial charge in [0.05, 0.1) is 12.4 Å². The van der Waals surface area contributed by atoms with Crippen molar-refractivity contribution < 1.29 is 127 Å². The third-order valence-corrected chi connectivity index (χ3v) is 14.9. The van der Waals surface area contributed by atoms with Gasteiger partial charge < -0.3 is 99.1 Å². The summed E-state index contributed by atoms with van der Waals surface area (Å²) in [5.74, 6) is -16.2. The minimum Gasteiger partial charge on any atom is -0.481 e. The predicted octanol–water partition coefficient (Wildman–Crippen LogP) is 1.13. The van der Waals surface area contributed by atoms with Gasteiger partial charge in [-0.3, -0.25) is 38.0 Å². The minimum absolute atomic E-state index is 0.0976. The van der Waals surface area contributed by atoms with Crippen molar-refractivity contribution in [2.75, 3.05) is 22.6 Å². The molecule has 0 bridgehead atoms. The average molecular weight is 1420 g/mol. The van der Waals surface area contributed by atoms with E-state index in [-0.39, 0.29) is 68.4 Å². The van der Waals surface area contributed by atoms with Crippen molar-refractivity contribution in [1.82, 2.24) is 52.2 Å². The van der Waals surface area contributed by atoms with E-state index < -0.39 is 208 Å². The first-order valence-electron chi connectivity index (χ1n) is 30.9. The quantitative estimate of drug-likeness (QED) is 0.0295. The lowest BCUT2D eigenvalue weighted by Gasteiger charge is -2.35. The van der Waals surface area contributed by atoms with Gasteiger partial charge in [-0.15, -0.1) is 5.10 Å². The fraction of sp³-hybridized carbons (Fsp3) is 0.419. The van der Waals surface area contributed by atoms with E-state index in [0.717, 1.165) is 4.68 Å². The van der Waals surface area contributed by atoms with E-state index in [9.17, 15) is 112 Å². The van der Waals surface area contributed by atoms with Gasteiger partial charge in [-0.05, 0) is 104 Å². The van der Waals surface area contributed by atoms with Crippen LogP contribution in [0.25, 0.3) is 0 Å². The number of hydrogen-bond acceptors (Lipinski definition) is 18. The number of benzene rings is 3. The van der Waals surface area contributed by atoms with Crippen LogP contribution in [0.3, 0.4) is 0 Å². The molecule has 101 heavy (non-hydrogen) atoms. The van der Waals surface area contributed by atoms with Crippen LogP contribution in [0.4, 0.5) is 35.8 Å². The summed E-state index contributed by atoms with van der Waals surface area (Å²) < 4.78 is 14.2. The molecule has 0 aliphatic carbocycles. The minimum atomic E-state index is -1.67. The number of aliphatic carboxylic acids is 9. The highest BCUT2D eigenvalue weighted by molar-refractivity contribution is 5.94. The first-order chi connectivity index (χ1) is 47.7. The second kappa shape index (κ2) is 40.4. The monoisotopic (exact) mass is 1420 g/mol. The Morgan fingerprint density at radius 3 is 0.950 bits per heavy atom. The average Bonchev–Trinajstić information content (AvgIpc) is 1.77. The molecule has 4 rings (SSSR count). The third-order valence-electron chi connectivity index (χ3n) is 14.9. The van der Waals surface area contributed by atoms with Crippen LogP contribution in [0.15, 0.2) is 79.0 Å². The van der Waals surface area contributed by atoms with Gasteiger partial charge in [0.2, 0.25) is 23.6 Å². The molecule has 10 amide bonds. The molecule has 0 aliphatic rings. The molecule has 0 spiro atoms. The Morgan fingerprint density at radius 1 is 0.396 bits per heavy atom. The molecule has 3 aromatic carbocycles. The second-order valence-electron chi connectivity index (χ2n) is 22.9. The zero-order chi connectivity index (χ0) is 74.9. The smallest absolute Gasteiger partial charge is 0.326 e. The number of aromatic nitrogens is 3. The van der Waals surface area contributed by atoms with Crippen molar-refractivity contribution in [2.45, 2.75) is 157 Å². The van der Waals surface area contributed by atoms with Crippen LogP contribution in [-0.4, -0.2) is 205 Å². The number of alkyl halides is 1. The summed E-state index contributed by atoms with van der Waals surface area (Å²) >= 11 is 0. The van der Waals surface area contributed by atoms with Gasteiger partial charge in [0.25, 0.3) is 0 Å². The Hall–Kier alpha value is -12.3. The van der Waals surface area contributed by atoms with Crippen LogP contribution in [0.5, 0.6) is 0 Å². The maximum atomic E-state index is 14.2. The van der Waals surface area contributed by atoms with E-state index in [1.807, 2.05) is 16.0 Å². The fourth-order valence-corrected chi connectivity index (χ4v) is 9.68. The van der Waals surface area contributed by atoms with Gasteiger partial charge in [-0.2, -0.15) is 0 Å². The molecule has 19 N–H and O–H groups in total. The number of carboxylic acids is 9. The molecule has 546 valence electrons. The summed E-state index contributed by atoms with van der Waals surface area (Å²) in [6.45, 7) is -1.19. The maximum Gasteiger partial charge on any atom is 0.326 e. The molecule has 0 radical (unpaired) electrons. The molecule has 0 saturated carbocycles. The molecule has 0 fully saturated rings. The normalized spacial score (nSPS) is 12.7. The summed E-state index contributed by atoms with van der Waals surface area (Å²) in [6.07, 6.45) is -5.02. The Labute approximate surface area is 571 Å². The summed E-state index contributed by atoms with van der Waals surface area (Å²) in [5, 5.41) is 116. The predicted molar refractivity (Wildman–Crippen MR) is 343 cm³/mol. The molecule has 1 aromatic heterocycles. The van der Waals surface area contributed by atoms with Crippen molar-refractivity contribution in [3.05, 3.63) is 101 Å². The molecular weight excluding hydrogens is 1350 g/mol. The lowest BCUT2D eigenvalue weighted by atomic mass is 9.83. The van der Waals surface area contributed by atoms with Crippen LogP contribution >= 0.6 is 0 Å². The van der Waals surface area contributed by atoms with Crippen LogP contribution in [-0.2, 0) is 94.6 Å². The molecular formula is C62H76FN13O25. The number of hydrogen-bond donors (Lipinski definition) is 19. The van der Waals surface area contributed by atoms with Crippen molar-refractivity contribution in [2.24, 2.45) is 0 Å². The van der Waals surface area contributed by atoms with Crippen LogP contribution in [0, 0.1) is 0 Å². The first-order valence-corrected chi connectivity index (χ1v) is 30.9. The number of amides is 10. The molecule has 0 saturated heterocycles. The number of halogens is 1. The summed E-state index contributed by atoms with van der Waals surface area (Å²) in [6, 6.07) is 3.10. The maximum absolute atomic E-state index is 14.2. The van der Waals surface area contributed by atoms with Crippen molar-refractivity contribution in [3.63, 3.8) is 0 Å². The van der Waals surface area contributed by atoms with Crippen molar-refractivity contribution in [3.8, 4) is 0 Å². The lowest BCUT2D eigenvalue weighted by molar-refractivity contribution is -0.142. The second-order valence-corrected chi connectivity index (χ2v) is 22.9. The largest absolute Gasteiger partial charge is 0.481 e. The third kappa shape index (κ3) is 30.7. The number of urea groups is 3. The zero-order valence-corrected chi connectivity index (χ0v) is 53.7. The van der Waals surface area contributed by atoms with E-state index in [1.165, 1.54) is 79.0 Å². The topological polar surface area (TPSA) is 606 Å². The van der Waals surface area contributed by atoms with Crippen molar-refractivity contribution >= 4 is 113 Å². The lowest BCUT2D eigenvalue weighted by Crippen LogP contribution is -2.51. The Balaban J connectivity index is 1.61.